The Balaban J connectivity index is 1.40. The fraction of sp³-hybridized carbons (Fsp3) is 0.211. The van der Waals surface area contributed by atoms with E-state index in [-0.39, 0.29) is 5.91 Å². The molecule has 3 aromatic rings. The highest BCUT2D eigenvalue weighted by molar-refractivity contribution is 5.93. The van der Waals surface area contributed by atoms with Crippen molar-refractivity contribution < 1.29 is 9.53 Å². The summed E-state index contributed by atoms with van der Waals surface area (Å²) in [5, 5.41) is 17.3. The van der Waals surface area contributed by atoms with Gasteiger partial charge in [-0.2, -0.15) is 0 Å². The summed E-state index contributed by atoms with van der Waals surface area (Å²) in [4.78, 5) is 20.1. The first kappa shape index (κ1) is 19.0. The van der Waals surface area contributed by atoms with E-state index in [0.29, 0.717) is 42.8 Å². The van der Waals surface area contributed by atoms with Crippen LogP contribution >= 0.6 is 0 Å². The molecule has 0 aliphatic rings. The zero-order valence-electron chi connectivity index (χ0n) is 15.4. The molecular formula is C19H21N7O2. The number of hydrogen-bond donors (Lipinski definition) is 3. The molecule has 0 unspecified atom stereocenters. The zero-order valence-corrected chi connectivity index (χ0v) is 15.4. The Labute approximate surface area is 162 Å². The van der Waals surface area contributed by atoms with Crippen LogP contribution in [0.5, 0.6) is 5.88 Å². The highest BCUT2D eigenvalue weighted by Gasteiger charge is 2.06. The molecule has 0 spiro atoms. The number of hydrogen-bond acceptors (Lipinski definition) is 8. The Morgan fingerprint density at radius 3 is 2.46 bits per heavy atom. The molecular weight excluding hydrogens is 358 g/mol. The number of amides is 1. The van der Waals surface area contributed by atoms with Gasteiger partial charge >= 0.3 is 0 Å². The van der Waals surface area contributed by atoms with E-state index in [1.807, 2.05) is 31.2 Å². The van der Waals surface area contributed by atoms with Gasteiger partial charge in [-0.15, -0.1) is 10.2 Å². The van der Waals surface area contributed by atoms with E-state index in [9.17, 15) is 4.79 Å². The monoisotopic (exact) mass is 379 g/mol. The fourth-order valence-electron chi connectivity index (χ4n) is 2.29. The second-order valence-corrected chi connectivity index (χ2v) is 5.67. The number of ether oxygens (including phenoxy) is 1. The molecule has 0 radical (unpaired) electrons. The molecule has 144 valence electrons. The summed E-state index contributed by atoms with van der Waals surface area (Å²) in [6.07, 6.45) is 4.89. The molecule has 3 N–H and O–H groups in total. The van der Waals surface area contributed by atoms with Crippen LogP contribution in [-0.4, -0.2) is 45.8 Å². The fourth-order valence-corrected chi connectivity index (χ4v) is 2.29. The van der Waals surface area contributed by atoms with Gasteiger partial charge < -0.3 is 20.7 Å². The van der Waals surface area contributed by atoms with Crippen LogP contribution in [-0.2, 0) is 0 Å². The smallest absolute Gasteiger partial charge is 0.252 e. The highest BCUT2D eigenvalue weighted by atomic mass is 16.5. The van der Waals surface area contributed by atoms with Gasteiger partial charge in [0.25, 0.3) is 5.91 Å². The lowest BCUT2D eigenvalue weighted by atomic mass is 10.2. The lowest BCUT2D eigenvalue weighted by molar-refractivity contribution is 0.0954. The normalized spacial score (nSPS) is 10.2. The Hall–Kier alpha value is -3.75. The van der Waals surface area contributed by atoms with Crippen LogP contribution in [0.25, 0.3) is 0 Å². The molecule has 0 atom stereocenters. The van der Waals surface area contributed by atoms with Gasteiger partial charge in [-0.25, -0.2) is 4.98 Å². The minimum atomic E-state index is -0.194. The third kappa shape index (κ3) is 5.63. The van der Waals surface area contributed by atoms with Crippen LogP contribution in [0.4, 0.5) is 17.3 Å². The number of carbonyl (C=O) groups is 1. The third-order valence-electron chi connectivity index (χ3n) is 3.62. The summed E-state index contributed by atoms with van der Waals surface area (Å²) in [7, 11) is 0. The van der Waals surface area contributed by atoms with Crippen LogP contribution in [0.1, 0.15) is 17.3 Å². The predicted molar refractivity (Wildman–Crippen MR) is 106 cm³/mol. The van der Waals surface area contributed by atoms with Gasteiger partial charge in [0, 0.05) is 43.4 Å². The van der Waals surface area contributed by atoms with Gasteiger partial charge in [0.1, 0.15) is 5.82 Å². The molecule has 9 nitrogen and oxygen atoms in total. The molecule has 0 bridgehead atoms. The van der Waals surface area contributed by atoms with E-state index >= 15 is 0 Å². The Kier molecular flexibility index (Phi) is 6.67. The molecule has 28 heavy (non-hydrogen) atoms. The van der Waals surface area contributed by atoms with E-state index in [2.05, 4.69) is 36.1 Å². The number of nitrogens with zero attached hydrogens (tertiary/aromatic N) is 4. The molecule has 3 rings (SSSR count). The summed E-state index contributed by atoms with van der Waals surface area (Å²) in [6, 6.07) is 10.7. The minimum Gasteiger partial charge on any atom is -0.478 e. The average Bonchev–Trinajstić information content (AvgIpc) is 2.74. The SMILES string of the molecule is CCOc1ccc(C(=O)NCCNc2ccc(Nc3ccncc3)nn2)cn1. The van der Waals surface area contributed by atoms with E-state index in [4.69, 9.17) is 4.74 Å². The maximum Gasteiger partial charge on any atom is 0.252 e. The summed E-state index contributed by atoms with van der Waals surface area (Å²) in [5.41, 5.74) is 1.37. The van der Waals surface area contributed by atoms with Crippen LogP contribution < -0.4 is 20.7 Å². The maximum atomic E-state index is 12.1. The topological polar surface area (TPSA) is 114 Å². The van der Waals surface area contributed by atoms with Gasteiger partial charge in [0.15, 0.2) is 5.82 Å². The van der Waals surface area contributed by atoms with Gasteiger partial charge in [0.2, 0.25) is 5.88 Å². The van der Waals surface area contributed by atoms with Crippen molar-refractivity contribution in [2.45, 2.75) is 6.92 Å². The molecule has 3 heterocycles. The molecule has 0 saturated carbocycles. The van der Waals surface area contributed by atoms with E-state index in [1.54, 1.807) is 24.5 Å². The van der Waals surface area contributed by atoms with E-state index in [0.717, 1.165) is 5.69 Å². The average molecular weight is 379 g/mol. The largest absolute Gasteiger partial charge is 0.478 e. The van der Waals surface area contributed by atoms with E-state index in [1.165, 1.54) is 6.20 Å². The molecule has 9 heteroatoms. The first-order chi connectivity index (χ1) is 13.7. The van der Waals surface area contributed by atoms with Gasteiger partial charge in [0.05, 0.1) is 12.2 Å². The van der Waals surface area contributed by atoms with Crippen LogP contribution in [0.2, 0.25) is 0 Å². The van der Waals surface area contributed by atoms with Crippen LogP contribution in [0.3, 0.4) is 0 Å². The van der Waals surface area contributed by atoms with Crippen molar-refractivity contribution >= 4 is 23.2 Å². The number of rotatable bonds is 9. The number of pyridine rings is 2. The zero-order chi connectivity index (χ0) is 19.6. The summed E-state index contributed by atoms with van der Waals surface area (Å²) in [6.45, 7) is 3.37. The van der Waals surface area contributed by atoms with Crippen LogP contribution in [0.15, 0.2) is 55.0 Å². The molecule has 0 saturated heterocycles. The van der Waals surface area contributed by atoms with Gasteiger partial charge in [-0.1, -0.05) is 0 Å². The maximum absolute atomic E-state index is 12.1. The molecule has 0 aliphatic carbocycles. The van der Waals surface area contributed by atoms with Crippen molar-refractivity contribution in [2.75, 3.05) is 30.3 Å². The van der Waals surface area contributed by atoms with E-state index < -0.39 is 0 Å². The second kappa shape index (κ2) is 9.81. The van der Waals surface area contributed by atoms with Crippen molar-refractivity contribution in [3.8, 4) is 5.88 Å². The Bertz CT molecular complexity index is 871. The second-order valence-electron chi connectivity index (χ2n) is 5.67. The molecule has 1 amide bonds. The molecule has 0 fully saturated rings. The number of anilines is 3. The Morgan fingerprint density at radius 2 is 1.79 bits per heavy atom. The quantitative estimate of drug-likeness (QED) is 0.485. The minimum absolute atomic E-state index is 0.194. The third-order valence-corrected chi connectivity index (χ3v) is 3.62. The number of aromatic nitrogens is 4. The summed E-state index contributed by atoms with van der Waals surface area (Å²) in [5.74, 6) is 1.56. The van der Waals surface area contributed by atoms with Crippen molar-refractivity contribution in [3.05, 3.63) is 60.6 Å². The molecule has 3 aromatic heterocycles. The van der Waals surface area contributed by atoms with Crippen molar-refractivity contribution in [3.63, 3.8) is 0 Å². The van der Waals surface area contributed by atoms with Crippen molar-refractivity contribution in [1.29, 1.82) is 0 Å². The highest BCUT2D eigenvalue weighted by Crippen LogP contribution is 2.13. The first-order valence-corrected chi connectivity index (χ1v) is 8.86. The summed E-state index contributed by atoms with van der Waals surface area (Å²) >= 11 is 0. The standard InChI is InChI=1S/C19H21N7O2/c1-2-28-18-6-3-14(13-23-18)19(27)22-12-11-21-16-4-5-17(26-25-16)24-15-7-9-20-10-8-15/h3-10,13H,2,11-12H2,1H3,(H,21,25)(H,22,27)(H,20,24,26). The number of carbonyl (C=O) groups excluding carboxylic acids is 1. The van der Waals surface area contributed by atoms with Crippen LogP contribution in [0, 0.1) is 0 Å². The van der Waals surface area contributed by atoms with Gasteiger partial charge in [-0.3, -0.25) is 9.78 Å². The van der Waals surface area contributed by atoms with Crippen molar-refractivity contribution in [2.24, 2.45) is 0 Å². The Morgan fingerprint density at radius 1 is 1.00 bits per heavy atom. The first-order valence-electron chi connectivity index (χ1n) is 8.86. The lowest BCUT2D eigenvalue weighted by Crippen LogP contribution is -2.29. The van der Waals surface area contributed by atoms with Crippen molar-refractivity contribution in [1.82, 2.24) is 25.5 Å². The molecule has 0 aliphatic heterocycles. The summed E-state index contributed by atoms with van der Waals surface area (Å²) < 4.78 is 5.26. The lowest BCUT2D eigenvalue weighted by Gasteiger charge is -2.08. The molecule has 0 aromatic carbocycles. The van der Waals surface area contributed by atoms with Gasteiger partial charge in [-0.05, 0) is 37.3 Å². The number of nitrogens with one attached hydrogen (secondary N) is 3. The predicted octanol–water partition coefficient (Wildman–Crippen LogP) is 2.25.